The van der Waals surface area contributed by atoms with Crippen LogP contribution in [0.1, 0.15) is 99.2 Å². The lowest BCUT2D eigenvalue weighted by molar-refractivity contribution is -0.0557. The minimum absolute atomic E-state index is 0.0278. The summed E-state index contributed by atoms with van der Waals surface area (Å²) in [4.78, 5) is 31.6. The third kappa shape index (κ3) is 5.02. The minimum atomic E-state index is -2.53. The van der Waals surface area contributed by atoms with Crippen molar-refractivity contribution in [3.8, 4) is 0 Å². The predicted molar refractivity (Wildman–Crippen MR) is 121 cm³/mol. The van der Waals surface area contributed by atoms with Gasteiger partial charge in [0.1, 0.15) is 5.69 Å². The first-order valence-corrected chi connectivity index (χ1v) is 12.1. The highest BCUT2D eigenvalue weighted by molar-refractivity contribution is 6.03. The number of nitrogens with zero attached hydrogens (tertiary/aromatic N) is 1. The molecule has 0 aliphatic heterocycles. The SMILES string of the molecule is C1CCC1.NC(=O)c1nccc2[nH]c([C@@H]3CCCC[C@H]3C3CCC(F)(F)CC3)cc(=O)c12. The molecule has 0 spiro atoms. The van der Waals surface area contributed by atoms with Gasteiger partial charge in [-0.05, 0) is 43.6 Å². The Bertz CT molecular complexity index is 1000. The fraction of sp³-hybridized carbons (Fsp3) is 0.640. The lowest BCUT2D eigenvalue weighted by atomic mass is 9.66. The molecule has 174 valence electrons. The number of aromatic nitrogens is 2. The van der Waals surface area contributed by atoms with Crippen molar-refractivity contribution in [3.63, 3.8) is 0 Å². The van der Waals surface area contributed by atoms with Gasteiger partial charge in [0.25, 0.3) is 5.91 Å². The molecule has 3 N–H and O–H groups in total. The molecular weight excluding hydrogens is 412 g/mol. The quantitative estimate of drug-likeness (QED) is 0.637. The third-order valence-electron chi connectivity index (χ3n) is 7.58. The van der Waals surface area contributed by atoms with Crippen molar-refractivity contribution in [1.82, 2.24) is 9.97 Å². The summed E-state index contributed by atoms with van der Waals surface area (Å²) in [5, 5.41) is 0.211. The maximum atomic E-state index is 13.6. The Morgan fingerprint density at radius 2 is 1.69 bits per heavy atom. The van der Waals surface area contributed by atoms with Crippen LogP contribution in [0.4, 0.5) is 8.78 Å². The maximum absolute atomic E-state index is 13.6. The fourth-order valence-corrected chi connectivity index (χ4v) is 5.46. The standard InChI is InChI=1S/C21H25F2N3O2.C4H8/c22-21(23)8-5-12(6-9-21)13-3-1-2-4-14(13)16-11-17(27)18-15(26-16)7-10-25-19(18)20(24)28;1-2-4-3-1/h7,10-14H,1-6,8-9H2,(H2,24,28)(H,26,27);1-4H2/t13-,14+;/m0./s1. The second kappa shape index (κ2) is 9.67. The zero-order valence-corrected chi connectivity index (χ0v) is 18.5. The molecule has 0 aromatic carbocycles. The van der Waals surface area contributed by atoms with Crippen molar-refractivity contribution in [2.45, 2.75) is 88.9 Å². The van der Waals surface area contributed by atoms with E-state index in [9.17, 15) is 18.4 Å². The summed E-state index contributed by atoms with van der Waals surface area (Å²) < 4.78 is 27.2. The summed E-state index contributed by atoms with van der Waals surface area (Å²) in [6, 6.07) is 3.22. The largest absolute Gasteiger partial charge is 0.364 e. The molecule has 5 nitrogen and oxygen atoms in total. The third-order valence-corrected chi connectivity index (χ3v) is 7.58. The van der Waals surface area contributed by atoms with E-state index in [2.05, 4.69) is 9.97 Å². The van der Waals surface area contributed by atoms with Crippen LogP contribution in [0.3, 0.4) is 0 Å². The average molecular weight is 446 g/mol. The molecule has 3 saturated carbocycles. The number of halogens is 2. The number of rotatable bonds is 3. The molecule has 2 aromatic rings. The Hall–Kier alpha value is -2.31. The monoisotopic (exact) mass is 445 g/mol. The summed E-state index contributed by atoms with van der Waals surface area (Å²) in [5.74, 6) is -2.55. The van der Waals surface area contributed by atoms with E-state index in [1.807, 2.05) is 0 Å². The van der Waals surface area contributed by atoms with Gasteiger partial charge in [-0.15, -0.1) is 0 Å². The van der Waals surface area contributed by atoms with Crippen LogP contribution < -0.4 is 11.2 Å². The molecule has 0 saturated heterocycles. The van der Waals surface area contributed by atoms with Crippen LogP contribution >= 0.6 is 0 Å². The van der Waals surface area contributed by atoms with Gasteiger partial charge in [-0.2, -0.15) is 0 Å². The number of hydrogen-bond acceptors (Lipinski definition) is 3. The highest BCUT2D eigenvalue weighted by Crippen LogP contribution is 2.48. The summed E-state index contributed by atoms with van der Waals surface area (Å²) in [6.07, 6.45) is 12.6. The molecule has 0 unspecified atom stereocenters. The van der Waals surface area contributed by atoms with Crippen LogP contribution in [-0.2, 0) is 0 Å². The number of aromatic amines is 1. The molecule has 3 aliphatic rings. The van der Waals surface area contributed by atoms with Crippen LogP contribution in [-0.4, -0.2) is 21.8 Å². The Morgan fingerprint density at radius 3 is 2.31 bits per heavy atom. The van der Waals surface area contributed by atoms with Gasteiger partial charge >= 0.3 is 0 Å². The molecule has 2 heterocycles. The number of hydrogen-bond donors (Lipinski definition) is 2. The van der Waals surface area contributed by atoms with Gasteiger partial charge in [0.15, 0.2) is 5.43 Å². The number of pyridine rings is 2. The lowest BCUT2D eigenvalue weighted by Crippen LogP contribution is -2.33. The highest BCUT2D eigenvalue weighted by Gasteiger charge is 2.41. The summed E-state index contributed by atoms with van der Waals surface area (Å²) >= 11 is 0. The van der Waals surface area contributed by atoms with Gasteiger partial charge in [-0.25, -0.2) is 8.78 Å². The number of carbonyl (C=O) groups is 1. The Labute approximate surface area is 187 Å². The minimum Gasteiger partial charge on any atom is -0.364 e. The van der Waals surface area contributed by atoms with Gasteiger partial charge in [0, 0.05) is 36.7 Å². The zero-order valence-electron chi connectivity index (χ0n) is 18.5. The Morgan fingerprint density at radius 1 is 1.03 bits per heavy atom. The number of carbonyl (C=O) groups excluding carboxylic acids is 1. The summed E-state index contributed by atoms with van der Waals surface area (Å²) in [5.41, 5.74) is 6.44. The van der Waals surface area contributed by atoms with Gasteiger partial charge in [0.2, 0.25) is 5.92 Å². The molecule has 2 atom stereocenters. The van der Waals surface area contributed by atoms with Crippen molar-refractivity contribution in [2.24, 2.45) is 17.6 Å². The van der Waals surface area contributed by atoms with E-state index < -0.39 is 11.8 Å². The number of fused-ring (bicyclic) bond motifs is 1. The van der Waals surface area contributed by atoms with Crippen molar-refractivity contribution < 1.29 is 13.6 Å². The molecule has 1 amide bonds. The normalized spacial score (nSPS) is 25.4. The van der Waals surface area contributed by atoms with Crippen molar-refractivity contribution >= 4 is 16.8 Å². The van der Waals surface area contributed by atoms with Crippen LogP contribution in [0.5, 0.6) is 0 Å². The molecule has 2 aromatic heterocycles. The van der Waals surface area contributed by atoms with Crippen molar-refractivity contribution in [3.05, 3.63) is 39.9 Å². The Balaban J connectivity index is 0.000000552. The number of nitrogens with two attached hydrogens (primary N) is 1. The van der Waals surface area contributed by atoms with Gasteiger partial charge in [-0.3, -0.25) is 14.6 Å². The van der Waals surface area contributed by atoms with E-state index in [0.29, 0.717) is 24.3 Å². The molecule has 3 aliphatic carbocycles. The van der Waals surface area contributed by atoms with Crippen LogP contribution in [0.2, 0.25) is 0 Å². The molecule has 0 bridgehead atoms. The van der Waals surface area contributed by atoms with E-state index >= 15 is 0 Å². The molecule has 32 heavy (non-hydrogen) atoms. The van der Waals surface area contributed by atoms with Gasteiger partial charge < -0.3 is 10.7 Å². The van der Waals surface area contributed by atoms with E-state index in [0.717, 1.165) is 31.4 Å². The predicted octanol–water partition coefficient (Wildman–Crippen LogP) is 5.68. The second-order valence-electron chi connectivity index (χ2n) is 9.70. The highest BCUT2D eigenvalue weighted by atomic mass is 19.3. The molecule has 5 rings (SSSR count). The van der Waals surface area contributed by atoms with Crippen LogP contribution in [0.15, 0.2) is 23.1 Å². The first-order valence-electron chi connectivity index (χ1n) is 12.1. The summed E-state index contributed by atoms with van der Waals surface area (Å²) in [7, 11) is 0. The average Bonchev–Trinajstić information content (AvgIpc) is 2.72. The first kappa shape index (κ1) is 22.9. The lowest BCUT2D eigenvalue weighted by Gasteiger charge is -2.40. The second-order valence-corrected chi connectivity index (χ2v) is 9.70. The summed E-state index contributed by atoms with van der Waals surface area (Å²) in [6.45, 7) is 0. The number of nitrogens with one attached hydrogen (secondary N) is 1. The zero-order chi connectivity index (χ0) is 22.7. The topological polar surface area (TPSA) is 88.8 Å². The molecule has 7 heteroatoms. The van der Waals surface area contributed by atoms with E-state index in [4.69, 9.17) is 5.73 Å². The molecule has 0 radical (unpaired) electrons. The number of primary amides is 1. The van der Waals surface area contributed by atoms with Crippen LogP contribution in [0, 0.1) is 11.8 Å². The van der Waals surface area contributed by atoms with Gasteiger partial charge in [-0.1, -0.05) is 38.5 Å². The van der Waals surface area contributed by atoms with Crippen LogP contribution in [0.25, 0.3) is 10.9 Å². The van der Waals surface area contributed by atoms with Crippen molar-refractivity contribution in [2.75, 3.05) is 0 Å². The van der Waals surface area contributed by atoms with E-state index in [-0.39, 0.29) is 41.2 Å². The van der Waals surface area contributed by atoms with E-state index in [1.165, 1.54) is 31.9 Å². The fourth-order valence-electron chi connectivity index (χ4n) is 5.46. The Kier molecular flexibility index (Phi) is 6.91. The van der Waals surface area contributed by atoms with Gasteiger partial charge in [0.05, 0.1) is 10.9 Å². The first-order chi connectivity index (χ1) is 15.4. The van der Waals surface area contributed by atoms with E-state index in [1.54, 1.807) is 12.1 Å². The van der Waals surface area contributed by atoms with Crippen molar-refractivity contribution in [1.29, 1.82) is 0 Å². The smallest absolute Gasteiger partial charge is 0.268 e. The number of H-pyrrole nitrogens is 1. The molecule has 3 fully saturated rings. The number of amides is 1. The maximum Gasteiger partial charge on any atom is 0.268 e. The number of alkyl halides is 2. The molecular formula is C25H33F2N3O2.